The first-order valence-corrected chi connectivity index (χ1v) is 5.41. The van der Waals surface area contributed by atoms with Crippen molar-refractivity contribution in [2.75, 3.05) is 11.9 Å². The van der Waals surface area contributed by atoms with Gasteiger partial charge >= 0.3 is 0 Å². The molecule has 15 heavy (non-hydrogen) atoms. The number of hydrogen-bond acceptors (Lipinski definition) is 3. The molecule has 78 valence electrons. The van der Waals surface area contributed by atoms with Crippen molar-refractivity contribution >= 4 is 5.82 Å². The maximum absolute atomic E-state index is 8.99. The van der Waals surface area contributed by atoms with Crippen LogP contribution in [0.4, 0.5) is 5.82 Å². The van der Waals surface area contributed by atoms with Gasteiger partial charge in [-0.3, -0.25) is 0 Å². The monoisotopic (exact) mass is 201 g/mol. The van der Waals surface area contributed by atoms with Crippen LogP contribution in [0.25, 0.3) is 0 Å². The van der Waals surface area contributed by atoms with Crippen LogP contribution < -0.4 is 4.90 Å². The quantitative estimate of drug-likeness (QED) is 0.737. The lowest BCUT2D eigenvalue weighted by atomic mass is 10.2. The SMILES string of the molecule is CN(c1ncccc1C#N)C1CCCC1. The smallest absolute Gasteiger partial charge is 0.146 e. The van der Waals surface area contributed by atoms with E-state index < -0.39 is 0 Å². The summed E-state index contributed by atoms with van der Waals surface area (Å²) in [6.45, 7) is 0. The molecule has 1 aliphatic carbocycles. The van der Waals surface area contributed by atoms with Gasteiger partial charge in [0.15, 0.2) is 0 Å². The van der Waals surface area contributed by atoms with Crippen LogP contribution in [0.2, 0.25) is 0 Å². The molecule has 0 aromatic carbocycles. The molecule has 1 fully saturated rings. The minimum absolute atomic E-state index is 0.562. The molecule has 2 rings (SSSR count). The zero-order valence-corrected chi connectivity index (χ0v) is 8.98. The summed E-state index contributed by atoms with van der Waals surface area (Å²) in [4.78, 5) is 6.46. The van der Waals surface area contributed by atoms with Crippen LogP contribution in [0.15, 0.2) is 18.3 Å². The summed E-state index contributed by atoms with van der Waals surface area (Å²) < 4.78 is 0. The zero-order chi connectivity index (χ0) is 10.7. The molecule has 1 heterocycles. The van der Waals surface area contributed by atoms with Crippen molar-refractivity contribution in [3.05, 3.63) is 23.9 Å². The van der Waals surface area contributed by atoms with Crippen molar-refractivity contribution < 1.29 is 0 Å². The van der Waals surface area contributed by atoms with Crippen LogP contribution >= 0.6 is 0 Å². The van der Waals surface area contributed by atoms with Crippen LogP contribution in [0.3, 0.4) is 0 Å². The van der Waals surface area contributed by atoms with Gasteiger partial charge in [0.05, 0.1) is 5.56 Å². The molecule has 0 radical (unpaired) electrons. The van der Waals surface area contributed by atoms with E-state index in [0.29, 0.717) is 11.6 Å². The van der Waals surface area contributed by atoms with Crippen LogP contribution in [-0.4, -0.2) is 18.1 Å². The second-order valence-electron chi connectivity index (χ2n) is 4.04. The fourth-order valence-corrected chi connectivity index (χ4v) is 2.23. The maximum atomic E-state index is 8.99. The van der Waals surface area contributed by atoms with Gasteiger partial charge in [-0.05, 0) is 25.0 Å². The lowest BCUT2D eigenvalue weighted by Crippen LogP contribution is -2.30. The minimum atomic E-state index is 0.562. The van der Waals surface area contributed by atoms with Crippen molar-refractivity contribution in [2.24, 2.45) is 0 Å². The molecular formula is C12H15N3. The third kappa shape index (κ3) is 1.94. The number of nitrogens with zero attached hydrogens (tertiary/aromatic N) is 3. The number of hydrogen-bond donors (Lipinski definition) is 0. The van der Waals surface area contributed by atoms with E-state index in [1.54, 1.807) is 6.20 Å². The molecule has 0 aliphatic heterocycles. The first-order valence-electron chi connectivity index (χ1n) is 5.41. The van der Waals surface area contributed by atoms with Crippen molar-refractivity contribution in [1.29, 1.82) is 5.26 Å². The highest BCUT2D eigenvalue weighted by atomic mass is 15.2. The number of anilines is 1. The van der Waals surface area contributed by atoms with E-state index >= 15 is 0 Å². The first-order chi connectivity index (χ1) is 7.33. The molecule has 3 nitrogen and oxygen atoms in total. The molecule has 0 unspecified atom stereocenters. The molecule has 1 saturated carbocycles. The normalized spacial score (nSPS) is 16.3. The van der Waals surface area contributed by atoms with E-state index in [1.165, 1.54) is 25.7 Å². The molecule has 0 bridgehead atoms. The van der Waals surface area contributed by atoms with Gasteiger partial charge in [0.25, 0.3) is 0 Å². The van der Waals surface area contributed by atoms with E-state index in [1.807, 2.05) is 19.2 Å². The Morgan fingerprint density at radius 3 is 2.87 bits per heavy atom. The summed E-state index contributed by atoms with van der Waals surface area (Å²) in [7, 11) is 2.04. The Balaban J connectivity index is 2.24. The van der Waals surface area contributed by atoms with Crippen LogP contribution in [0.5, 0.6) is 0 Å². The second-order valence-corrected chi connectivity index (χ2v) is 4.04. The van der Waals surface area contributed by atoms with Crippen molar-refractivity contribution in [1.82, 2.24) is 4.98 Å². The van der Waals surface area contributed by atoms with Gasteiger partial charge in [-0.25, -0.2) is 4.98 Å². The van der Waals surface area contributed by atoms with Gasteiger partial charge in [-0.1, -0.05) is 12.8 Å². The van der Waals surface area contributed by atoms with Crippen molar-refractivity contribution in [3.8, 4) is 6.07 Å². The second kappa shape index (κ2) is 4.31. The van der Waals surface area contributed by atoms with Gasteiger partial charge in [0.2, 0.25) is 0 Å². The van der Waals surface area contributed by atoms with E-state index in [4.69, 9.17) is 5.26 Å². The lowest BCUT2D eigenvalue weighted by Gasteiger charge is -2.25. The average molecular weight is 201 g/mol. The van der Waals surface area contributed by atoms with Crippen molar-refractivity contribution in [2.45, 2.75) is 31.7 Å². The maximum Gasteiger partial charge on any atom is 0.146 e. The molecule has 0 saturated heterocycles. The summed E-state index contributed by atoms with van der Waals surface area (Å²) in [5.41, 5.74) is 0.673. The topological polar surface area (TPSA) is 39.9 Å². The number of aromatic nitrogens is 1. The van der Waals surface area contributed by atoms with Crippen LogP contribution in [-0.2, 0) is 0 Å². The van der Waals surface area contributed by atoms with Gasteiger partial charge in [0.1, 0.15) is 11.9 Å². The molecule has 3 heteroatoms. The van der Waals surface area contributed by atoms with Crippen LogP contribution in [0, 0.1) is 11.3 Å². The van der Waals surface area contributed by atoms with Crippen LogP contribution in [0.1, 0.15) is 31.2 Å². The standard InChI is InChI=1S/C12H15N3/c1-15(11-6-2-3-7-11)12-10(9-13)5-4-8-14-12/h4-5,8,11H,2-3,6-7H2,1H3. The Morgan fingerprint density at radius 1 is 1.47 bits per heavy atom. The predicted molar refractivity (Wildman–Crippen MR) is 59.6 cm³/mol. The lowest BCUT2D eigenvalue weighted by molar-refractivity contribution is 0.646. The van der Waals surface area contributed by atoms with Crippen molar-refractivity contribution in [3.63, 3.8) is 0 Å². The summed E-state index contributed by atoms with van der Waals surface area (Å²) in [6, 6.07) is 6.40. The van der Waals surface area contributed by atoms with E-state index in [0.717, 1.165) is 5.82 Å². The molecule has 1 aromatic rings. The molecule has 0 spiro atoms. The number of rotatable bonds is 2. The van der Waals surface area contributed by atoms with Gasteiger partial charge < -0.3 is 4.90 Å². The third-order valence-electron chi connectivity index (χ3n) is 3.11. The Bertz CT molecular complexity index is 375. The largest absolute Gasteiger partial charge is 0.356 e. The molecule has 1 aromatic heterocycles. The zero-order valence-electron chi connectivity index (χ0n) is 8.98. The Hall–Kier alpha value is -1.56. The number of nitriles is 1. The Morgan fingerprint density at radius 2 is 2.20 bits per heavy atom. The van der Waals surface area contributed by atoms with Gasteiger partial charge in [-0.2, -0.15) is 5.26 Å². The Labute approximate surface area is 90.4 Å². The highest BCUT2D eigenvalue weighted by Crippen LogP contribution is 2.27. The molecule has 0 N–H and O–H groups in total. The summed E-state index contributed by atoms with van der Waals surface area (Å²) >= 11 is 0. The van der Waals surface area contributed by atoms with E-state index in [-0.39, 0.29) is 0 Å². The summed E-state index contributed by atoms with van der Waals surface area (Å²) in [5, 5.41) is 8.99. The first kappa shape index (κ1) is 9.97. The summed E-state index contributed by atoms with van der Waals surface area (Å²) in [6.07, 6.45) is 6.78. The highest BCUT2D eigenvalue weighted by Gasteiger charge is 2.22. The number of pyridine rings is 1. The average Bonchev–Trinajstić information content (AvgIpc) is 2.81. The fourth-order valence-electron chi connectivity index (χ4n) is 2.23. The molecular weight excluding hydrogens is 186 g/mol. The fraction of sp³-hybridized carbons (Fsp3) is 0.500. The Kier molecular flexibility index (Phi) is 2.86. The van der Waals surface area contributed by atoms with Gasteiger partial charge in [0, 0.05) is 19.3 Å². The third-order valence-corrected chi connectivity index (χ3v) is 3.11. The molecule has 0 amide bonds. The van der Waals surface area contributed by atoms with E-state index in [9.17, 15) is 0 Å². The highest BCUT2D eigenvalue weighted by molar-refractivity contribution is 5.53. The van der Waals surface area contributed by atoms with E-state index in [2.05, 4.69) is 16.0 Å². The molecule has 0 atom stereocenters. The minimum Gasteiger partial charge on any atom is -0.356 e. The predicted octanol–water partition coefficient (Wildman–Crippen LogP) is 2.33. The summed E-state index contributed by atoms with van der Waals surface area (Å²) in [5.74, 6) is 0.826. The molecule has 1 aliphatic rings. The van der Waals surface area contributed by atoms with Gasteiger partial charge in [-0.15, -0.1) is 0 Å².